The molecule has 0 radical (unpaired) electrons. The minimum atomic E-state index is -4.79. The summed E-state index contributed by atoms with van der Waals surface area (Å²) >= 11 is 12.3. The van der Waals surface area contributed by atoms with Crippen molar-refractivity contribution < 1.29 is 22.7 Å². The third-order valence-electron chi connectivity index (χ3n) is 6.38. The monoisotopic (exact) mass is 537 g/mol. The number of carbonyl (C=O) groups excluding carboxylic acids is 1. The summed E-state index contributed by atoms with van der Waals surface area (Å²) in [7, 11) is 2.04. The van der Waals surface area contributed by atoms with Crippen LogP contribution in [-0.2, 0) is 16.8 Å². The summed E-state index contributed by atoms with van der Waals surface area (Å²) in [5.74, 6) is -1.11. The van der Waals surface area contributed by atoms with Gasteiger partial charge in [0.15, 0.2) is 0 Å². The number of ketones is 1. The van der Waals surface area contributed by atoms with Crippen molar-refractivity contribution in [2.24, 2.45) is 0 Å². The number of hydrogen-bond donors (Lipinski definition) is 0. The van der Waals surface area contributed by atoms with Gasteiger partial charge in [0.05, 0.1) is 5.54 Å². The molecule has 0 aliphatic heterocycles. The number of Topliss-reactive ketones (excluding diaryl/α,β-unsaturated/α-hetero) is 1. The van der Waals surface area contributed by atoms with Gasteiger partial charge >= 0.3 is 6.18 Å². The molecule has 3 rings (SSSR count). The van der Waals surface area contributed by atoms with Crippen LogP contribution in [0.3, 0.4) is 0 Å². The molecule has 0 bridgehead atoms. The van der Waals surface area contributed by atoms with Crippen molar-refractivity contribution in [1.82, 2.24) is 4.90 Å². The first kappa shape index (κ1) is 28.0. The zero-order valence-corrected chi connectivity index (χ0v) is 21.6. The minimum absolute atomic E-state index is 0.0303. The highest BCUT2D eigenvalue weighted by atomic mass is 35.5. The standard InChI is InChI=1S/C28H28Cl2F3NO2/c1-3-27(21-7-11-23(29)12-8-21,22-9-13-24(30)14-10-22)34(2)18-19-36-25-15-4-20(5-16-25)6-17-26(35)28(31,32)33/h4-5,7-16H,3,6,17-19H2,1-2H3. The Morgan fingerprint density at radius 1 is 0.861 bits per heavy atom. The summed E-state index contributed by atoms with van der Waals surface area (Å²) in [5.41, 5.74) is 2.40. The molecule has 0 heterocycles. The number of benzene rings is 3. The van der Waals surface area contributed by atoms with Gasteiger partial charge in [-0.3, -0.25) is 9.69 Å². The molecule has 0 N–H and O–H groups in total. The van der Waals surface area contributed by atoms with Crippen LogP contribution in [0.2, 0.25) is 10.0 Å². The van der Waals surface area contributed by atoms with Gasteiger partial charge in [-0.2, -0.15) is 13.2 Å². The summed E-state index contributed by atoms with van der Waals surface area (Å²) in [6.07, 6.45) is -4.54. The molecular formula is C28H28Cl2F3NO2. The number of alkyl halides is 3. The number of carbonyl (C=O) groups is 1. The molecule has 0 atom stereocenters. The molecule has 3 nitrogen and oxygen atoms in total. The Kier molecular flexibility index (Phi) is 9.45. The fourth-order valence-corrected chi connectivity index (χ4v) is 4.63. The average molecular weight is 538 g/mol. The Hall–Kier alpha value is -2.54. The molecule has 36 heavy (non-hydrogen) atoms. The van der Waals surface area contributed by atoms with Crippen molar-refractivity contribution in [2.75, 3.05) is 20.2 Å². The van der Waals surface area contributed by atoms with Gasteiger partial charge in [0, 0.05) is 23.0 Å². The summed E-state index contributed by atoms with van der Waals surface area (Å²) in [4.78, 5) is 13.3. The van der Waals surface area contributed by atoms with E-state index in [0.29, 0.717) is 34.5 Å². The summed E-state index contributed by atoms with van der Waals surface area (Å²) in [6.45, 7) is 3.12. The first-order valence-corrected chi connectivity index (χ1v) is 12.4. The normalized spacial score (nSPS) is 12.1. The van der Waals surface area contributed by atoms with E-state index >= 15 is 0 Å². The largest absolute Gasteiger partial charge is 0.492 e. The maximum Gasteiger partial charge on any atom is 0.449 e. The predicted octanol–water partition coefficient (Wildman–Crippen LogP) is 7.72. The van der Waals surface area contributed by atoms with Crippen LogP contribution in [-0.4, -0.2) is 37.1 Å². The van der Waals surface area contributed by atoms with Crippen molar-refractivity contribution in [3.8, 4) is 5.75 Å². The molecular weight excluding hydrogens is 510 g/mol. The molecule has 0 fully saturated rings. The minimum Gasteiger partial charge on any atom is -0.492 e. The Labute approximate surface area is 219 Å². The lowest BCUT2D eigenvalue weighted by Crippen LogP contribution is -2.46. The highest BCUT2D eigenvalue weighted by Gasteiger charge is 2.38. The van der Waals surface area contributed by atoms with Gasteiger partial charge in [0.1, 0.15) is 12.4 Å². The molecule has 0 aliphatic carbocycles. The number of ether oxygens (including phenoxy) is 1. The van der Waals surface area contributed by atoms with Crippen LogP contribution in [0.15, 0.2) is 72.8 Å². The zero-order valence-electron chi connectivity index (χ0n) is 20.1. The smallest absolute Gasteiger partial charge is 0.449 e. The second-order valence-corrected chi connectivity index (χ2v) is 9.44. The lowest BCUT2D eigenvalue weighted by Gasteiger charge is -2.42. The molecule has 0 amide bonds. The lowest BCUT2D eigenvalue weighted by atomic mass is 9.79. The number of aryl methyl sites for hydroxylation is 1. The Bertz CT molecular complexity index is 1090. The van der Waals surface area contributed by atoms with Crippen LogP contribution in [0.25, 0.3) is 0 Å². The summed E-state index contributed by atoms with van der Waals surface area (Å²) in [5, 5.41) is 1.33. The molecule has 0 unspecified atom stereocenters. The van der Waals surface area contributed by atoms with E-state index in [1.165, 1.54) is 0 Å². The lowest BCUT2D eigenvalue weighted by molar-refractivity contribution is -0.171. The van der Waals surface area contributed by atoms with E-state index in [1.54, 1.807) is 24.3 Å². The van der Waals surface area contributed by atoms with Crippen LogP contribution < -0.4 is 4.74 Å². The Morgan fingerprint density at radius 3 is 1.81 bits per heavy atom. The molecule has 0 spiro atoms. The number of hydrogen-bond acceptors (Lipinski definition) is 3. The molecule has 8 heteroatoms. The van der Waals surface area contributed by atoms with Gasteiger partial charge in [0.25, 0.3) is 0 Å². The fourth-order valence-electron chi connectivity index (χ4n) is 4.38. The van der Waals surface area contributed by atoms with Gasteiger partial charge in [-0.15, -0.1) is 0 Å². The van der Waals surface area contributed by atoms with Crippen molar-refractivity contribution in [3.05, 3.63) is 99.5 Å². The van der Waals surface area contributed by atoms with Crippen molar-refractivity contribution in [2.45, 2.75) is 37.9 Å². The number of likely N-dealkylation sites (N-methyl/N-ethyl adjacent to an activating group) is 1. The second kappa shape index (κ2) is 12.1. The molecule has 0 saturated carbocycles. The number of rotatable bonds is 11. The van der Waals surface area contributed by atoms with E-state index in [0.717, 1.165) is 17.5 Å². The van der Waals surface area contributed by atoms with E-state index in [4.69, 9.17) is 27.9 Å². The van der Waals surface area contributed by atoms with Gasteiger partial charge in [-0.25, -0.2) is 0 Å². The molecule has 0 aliphatic rings. The summed E-state index contributed by atoms with van der Waals surface area (Å²) < 4.78 is 43.1. The SMILES string of the molecule is CCC(c1ccc(Cl)cc1)(c1ccc(Cl)cc1)N(C)CCOc1ccc(CCC(=O)C(F)(F)F)cc1. The second-order valence-electron chi connectivity index (χ2n) is 8.56. The van der Waals surface area contributed by atoms with E-state index < -0.39 is 23.9 Å². The highest BCUT2D eigenvalue weighted by molar-refractivity contribution is 6.30. The average Bonchev–Trinajstić information content (AvgIpc) is 2.85. The van der Waals surface area contributed by atoms with E-state index in [1.807, 2.05) is 55.6 Å². The van der Waals surface area contributed by atoms with Crippen molar-refractivity contribution in [1.29, 1.82) is 0 Å². The maximum atomic E-state index is 12.4. The molecule has 0 aromatic heterocycles. The van der Waals surface area contributed by atoms with Crippen molar-refractivity contribution >= 4 is 29.0 Å². The van der Waals surface area contributed by atoms with Crippen molar-refractivity contribution in [3.63, 3.8) is 0 Å². The first-order chi connectivity index (χ1) is 17.1. The number of nitrogens with zero attached hydrogens (tertiary/aromatic N) is 1. The predicted molar refractivity (Wildman–Crippen MR) is 138 cm³/mol. The van der Waals surface area contributed by atoms with Crippen LogP contribution in [0.4, 0.5) is 13.2 Å². The van der Waals surface area contributed by atoms with Crippen LogP contribution >= 0.6 is 23.2 Å². The maximum absolute atomic E-state index is 12.4. The van der Waals surface area contributed by atoms with Gasteiger partial charge in [-0.1, -0.05) is 66.5 Å². The molecule has 3 aromatic carbocycles. The highest BCUT2D eigenvalue weighted by Crippen LogP contribution is 2.39. The first-order valence-electron chi connectivity index (χ1n) is 11.6. The van der Waals surface area contributed by atoms with Gasteiger partial charge in [-0.05, 0) is 73.0 Å². The molecule has 192 valence electrons. The van der Waals surface area contributed by atoms with Gasteiger partial charge < -0.3 is 4.74 Å². The Morgan fingerprint density at radius 2 is 1.36 bits per heavy atom. The third kappa shape index (κ3) is 6.81. The zero-order chi connectivity index (χ0) is 26.3. The molecule has 0 saturated heterocycles. The van der Waals surface area contributed by atoms with Crippen LogP contribution in [0.1, 0.15) is 36.5 Å². The van der Waals surface area contributed by atoms with E-state index in [2.05, 4.69) is 11.8 Å². The van der Waals surface area contributed by atoms with Crippen LogP contribution in [0, 0.1) is 0 Å². The fraction of sp³-hybridized carbons (Fsp3) is 0.321. The van der Waals surface area contributed by atoms with Gasteiger partial charge in [0.2, 0.25) is 5.78 Å². The third-order valence-corrected chi connectivity index (χ3v) is 6.89. The summed E-state index contributed by atoms with van der Waals surface area (Å²) in [6, 6.07) is 22.4. The Balaban J connectivity index is 1.69. The van der Waals surface area contributed by atoms with E-state index in [-0.39, 0.29) is 6.42 Å². The van der Waals surface area contributed by atoms with Crippen LogP contribution in [0.5, 0.6) is 5.75 Å². The topological polar surface area (TPSA) is 29.5 Å². The van der Waals surface area contributed by atoms with E-state index in [9.17, 15) is 18.0 Å². The quantitative estimate of drug-likeness (QED) is 0.250. The molecule has 3 aromatic rings. The number of halogens is 5.